The van der Waals surface area contributed by atoms with Crippen LogP contribution in [0.2, 0.25) is 0 Å². The standard InChI is InChI=1S/C17H24N2O4/c1-10(2)6-13-7-12(8-15(20)18-13)16(21)19(14-4-5-14)9-11(3)17(22)23/h7-8,10-11,14H,4-6,9H2,1-3H3,(H,18,20)(H,22,23). The number of pyridine rings is 1. The summed E-state index contributed by atoms with van der Waals surface area (Å²) in [4.78, 5) is 40.0. The molecule has 6 nitrogen and oxygen atoms in total. The van der Waals surface area contributed by atoms with Crippen LogP contribution in [0, 0.1) is 11.8 Å². The zero-order chi connectivity index (χ0) is 17.1. The van der Waals surface area contributed by atoms with E-state index in [1.165, 1.54) is 6.07 Å². The molecule has 126 valence electrons. The summed E-state index contributed by atoms with van der Waals surface area (Å²) in [5, 5.41) is 9.08. The molecule has 2 N–H and O–H groups in total. The Kier molecular flexibility index (Phi) is 5.23. The fourth-order valence-corrected chi connectivity index (χ4v) is 2.60. The van der Waals surface area contributed by atoms with Crippen LogP contribution in [0.5, 0.6) is 0 Å². The number of aromatic amines is 1. The topological polar surface area (TPSA) is 90.5 Å². The molecule has 0 spiro atoms. The molecule has 1 heterocycles. The summed E-state index contributed by atoms with van der Waals surface area (Å²) in [6.45, 7) is 5.84. The zero-order valence-corrected chi connectivity index (χ0v) is 13.8. The number of hydrogen-bond donors (Lipinski definition) is 2. The lowest BCUT2D eigenvalue weighted by atomic mass is 10.1. The van der Waals surface area contributed by atoms with Crippen LogP contribution >= 0.6 is 0 Å². The van der Waals surface area contributed by atoms with Gasteiger partial charge in [-0.2, -0.15) is 0 Å². The van der Waals surface area contributed by atoms with Gasteiger partial charge in [0.1, 0.15) is 0 Å². The zero-order valence-electron chi connectivity index (χ0n) is 13.8. The second-order valence-corrected chi connectivity index (χ2v) is 6.78. The number of carbonyl (C=O) groups is 2. The molecule has 1 aromatic rings. The van der Waals surface area contributed by atoms with E-state index in [1.54, 1.807) is 17.9 Å². The Bertz CT molecular complexity index is 646. The number of amides is 1. The predicted molar refractivity (Wildman–Crippen MR) is 86.5 cm³/mol. The van der Waals surface area contributed by atoms with Crippen LogP contribution in [-0.4, -0.2) is 39.5 Å². The van der Waals surface area contributed by atoms with Crippen molar-refractivity contribution < 1.29 is 14.7 Å². The molecule has 0 bridgehead atoms. The van der Waals surface area contributed by atoms with Gasteiger partial charge in [-0.15, -0.1) is 0 Å². The maximum absolute atomic E-state index is 12.8. The second-order valence-electron chi connectivity index (χ2n) is 6.78. The molecule has 1 fully saturated rings. The van der Waals surface area contributed by atoms with Gasteiger partial charge >= 0.3 is 5.97 Å². The number of aliphatic carboxylic acids is 1. The lowest BCUT2D eigenvalue weighted by Crippen LogP contribution is -2.39. The molecule has 1 amide bonds. The number of carbonyl (C=O) groups excluding carboxylic acids is 1. The number of carboxylic acids is 1. The van der Waals surface area contributed by atoms with Crippen molar-refractivity contribution in [3.05, 3.63) is 33.7 Å². The average molecular weight is 320 g/mol. The molecular weight excluding hydrogens is 296 g/mol. The normalized spacial score (nSPS) is 15.5. The highest BCUT2D eigenvalue weighted by molar-refractivity contribution is 5.94. The van der Waals surface area contributed by atoms with Crippen LogP contribution in [0.25, 0.3) is 0 Å². The molecule has 1 aromatic heterocycles. The Morgan fingerprint density at radius 2 is 1.96 bits per heavy atom. The first-order valence-corrected chi connectivity index (χ1v) is 8.05. The average Bonchev–Trinajstić information content (AvgIpc) is 3.26. The first-order valence-electron chi connectivity index (χ1n) is 8.05. The first-order chi connectivity index (χ1) is 10.8. The molecule has 1 aliphatic rings. The van der Waals surface area contributed by atoms with Gasteiger partial charge in [0.05, 0.1) is 5.92 Å². The Labute approximate surface area is 135 Å². The summed E-state index contributed by atoms with van der Waals surface area (Å²) in [7, 11) is 0. The minimum atomic E-state index is -0.921. The van der Waals surface area contributed by atoms with E-state index in [-0.39, 0.29) is 24.1 Å². The van der Waals surface area contributed by atoms with Gasteiger partial charge in [-0.3, -0.25) is 14.4 Å². The van der Waals surface area contributed by atoms with Gasteiger partial charge in [-0.05, 0) is 31.2 Å². The van der Waals surface area contributed by atoms with Crippen LogP contribution in [0.3, 0.4) is 0 Å². The van der Waals surface area contributed by atoms with Gasteiger partial charge in [0, 0.05) is 29.9 Å². The van der Waals surface area contributed by atoms with Crippen molar-refractivity contribution in [2.45, 2.75) is 46.1 Å². The lowest BCUT2D eigenvalue weighted by molar-refractivity contribution is -0.141. The van der Waals surface area contributed by atoms with Crippen molar-refractivity contribution in [3.63, 3.8) is 0 Å². The molecule has 23 heavy (non-hydrogen) atoms. The molecule has 1 atom stereocenters. The number of H-pyrrole nitrogens is 1. The van der Waals surface area contributed by atoms with E-state index in [9.17, 15) is 14.4 Å². The highest BCUT2D eigenvalue weighted by atomic mass is 16.4. The van der Waals surface area contributed by atoms with Crippen molar-refractivity contribution in [2.75, 3.05) is 6.54 Å². The molecular formula is C17H24N2O4. The monoisotopic (exact) mass is 320 g/mol. The third-order valence-corrected chi connectivity index (χ3v) is 3.92. The predicted octanol–water partition coefficient (Wildman–Crippen LogP) is 1.90. The minimum absolute atomic E-state index is 0.0946. The van der Waals surface area contributed by atoms with E-state index in [4.69, 9.17) is 5.11 Å². The van der Waals surface area contributed by atoms with E-state index in [0.29, 0.717) is 17.9 Å². The minimum Gasteiger partial charge on any atom is -0.481 e. The van der Waals surface area contributed by atoms with Crippen molar-refractivity contribution >= 4 is 11.9 Å². The number of carboxylic acid groups (broad SMARTS) is 1. The maximum atomic E-state index is 12.8. The van der Waals surface area contributed by atoms with Crippen LogP contribution in [0.15, 0.2) is 16.9 Å². The number of nitrogens with one attached hydrogen (secondary N) is 1. The summed E-state index contributed by atoms with van der Waals surface area (Å²) in [6.07, 6.45) is 2.46. The van der Waals surface area contributed by atoms with Gasteiger partial charge in [0.2, 0.25) is 5.56 Å². The maximum Gasteiger partial charge on any atom is 0.308 e. The third kappa shape index (κ3) is 4.68. The molecule has 1 unspecified atom stereocenters. The highest BCUT2D eigenvalue weighted by Gasteiger charge is 2.35. The molecule has 1 aliphatic carbocycles. The van der Waals surface area contributed by atoms with Gasteiger partial charge in [-0.25, -0.2) is 0 Å². The van der Waals surface area contributed by atoms with Crippen LogP contribution < -0.4 is 5.56 Å². The summed E-state index contributed by atoms with van der Waals surface area (Å²) < 4.78 is 0. The van der Waals surface area contributed by atoms with Gasteiger partial charge in [-0.1, -0.05) is 20.8 Å². The molecule has 6 heteroatoms. The summed E-state index contributed by atoms with van der Waals surface area (Å²) in [6, 6.07) is 3.11. The van der Waals surface area contributed by atoms with E-state index in [0.717, 1.165) is 18.5 Å². The third-order valence-electron chi connectivity index (χ3n) is 3.92. The lowest BCUT2D eigenvalue weighted by Gasteiger charge is -2.24. The molecule has 0 saturated heterocycles. The molecule has 0 radical (unpaired) electrons. The van der Waals surface area contributed by atoms with Crippen LogP contribution in [0.4, 0.5) is 0 Å². The Balaban J connectivity index is 2.24. The SMILES string of the molecule is CC(C)Cc1cc(C(=O)N(CC(C)C(=O)O)C2CC2)cc(=O)[nH]1. The first kappa shape index (κ1) is 17.2. The smallest absolute Gasteiger partial charge is 0.308 e. The van der Waals surface area contributed by atoms with E-state index < -0.39 is 11.9 Å². The summed E-state index contributed by atoms with van der Waals surface area (Å²) >= 11 is 0. The highest BCUT2D eigenvalue weighted by Crippen LogP contribution is 2.29. The summed E-state index contributed by atoms with van der Waals surface area (Å²) in [5.41, 5.74) is 0.778. The fraction of sp³-hybridized carbons (Fsp3) is 0.588. The van der Waals surface area contributed by atoms with Crippen molar-refractivity contribution in [3.8, 4) is 0 Å². The molecule has 1 saturated carbocycles. The quantitative estimate of drug-likeness (QED) is 0.803. The summed E-state index contributed by atoms with van der Waals surface area (Å²) in [5.74, 6) is -1.44. The number of rotatable bonds is 7. The van der Waals surface area contributed by atoms with Gasteiger partial charge in [0.15, 0.2) is 0 Å². The fourth-order valence-electron chi connectivity index (χ4n) is 2.60. The van der Waals surface area contributed by atoms with Gasteiger partial charge < -0.3 is 15.0 Å². The number of nitrogens with zero attached hydrogens (tertiary/aromatic N) is 1. The Morgan fingerprint density at radius 3 is 2.48 bits per heavy atom. The van der Waals surface area contributed by atoms with E-state index in [1.807, 2.05) is 13.8 Å². The van der Waals surface area contributed by atoms with Crippen molar-refractivity contribution in [1.29, 1.82) is 0 Å². The van der Waals surface area contributed by atoms with Crippen LogP contribution in [-0.2, 0) is 11.2 Å². The number of aromatic nitrogens is 1. The van der Waals surface area contributed by atoms with Crippen LogP contribution in [0.1, 0.15) is 49.7 Å². The molecule has 2 rings (SSSR count). The largest absolute Gasteiger partial charge is 0.481 e. The van der Waals surface area contributed by atoms with E-state index in [2.05, 4.69) is 4.98 Å². The second kappa shape index (κ2) is 6.98. The Hall–Kier alpha value is -2.11. The molecule has 0 aliphatic heterocycles. The molecule has 0 aromatic carbocycles. The Morgan fingerprint density at radius 1 is 1.30 bits per heavy atom. The van der Waals surface area contributed by atoms with E-state index >= 15 is 0 Å². The van der Waals surface area contributed by atoms with Gasteiger partial charge in [0.25, 0.3) is 5.91 Å². The van der Waals surface area contributed by atoms with Crippen molar-refractivity contribution in [2.24, 2.45) is 11.8 Å². The van der Waals surface area contributed by atoms with Crippen molar-refractivity contribution in [1.82, 2.24) is 9.88 Å². The number of hydrogen-bond acceptors (Lipinski definition) is 3.